The number of ketones is 1. The summed E-state index contributed by atoms with van der Waals surface area (Å²) >= 11 is 0. The summed E-state index contributed by atoms with van der Waals surface area (Å²) in [6.45, 7) is 2.77. The predicted octanol–water partition coefficient (Wildman–Crippen LogP) is 3.96. The number of aliphatic hydroxyl groups is 1. The van der Waals surface area contributed by atoms with Crippen LogP contribution in [0, 0.1) is 0 Å². The Kier molecular flexibility index (Phi) is 6.74. The molecule has 9 heteroatoms. The lowest BCUT2D eigenvalue weighted by molar-refractivity contribution is -0.140. The van der Waals surface area contributed by atoms with E-state index in [9.17, 15) is 24.6 Å². The van der Waals surface area contributed by atoms with Gasteiger partial charge in [0.1, 0.15) is 24.7 Å². The van der Waals surface area contributed by atoms with E-state index < -0.39 is 23.7 Å². The fraction of sp³-hybridized carbons (Fsp3) is 0.207. The van der Waals surface area contributed by atoms with E-state index in [0.29, 0.717) is 47.0 Å². The van der Waals surface area contributed by atoms with Crippen LogP contribution < -0.4 is 9.47 Å². The maximum absolute atomic E-state index is 13.3. The zero-order chi connectivity index (χ0) is 26.8. The standard InChI is InChI=1S/C29H25NO8/c1-2-36-29(35)19-5-3-17(4-6-19)16-30-25(18-7-10-21(31)11-8-18)24(27(33)28(30)34)26(32)20-9-12-22-23(15-20)38-14-13-37-22/h3-12,15,25,31-32H,2,13-14,16H2,1H3/b26-24-. The van der Waals surface area contributed by atoms with Crippen LogP contribution in [0.5, 0.6) is 17.2 Å². The van der Waals surface area contributed by atoms with Gasteiger partial charge in [-0.2, -0.15) is 0 Å². The molecule has 5 rings (SSSR count). The molecule has 2 N–H and O–H groups in total. The highest BCUT2D eigenvalue weighted by Crippen LogP contribution is 2.42. The van der Waals surface area contributed by atoms with Crippen LogP contribution in [0.2, 0.25) is 0 Å². The van der Waals surface area contributed by atoms with Crippen LogP contribution in [-0.2, 0) is 20.9 Å². The van der Waals surface area contributed by atoms with Gasteiger partial charge in [-0.3, -0.25) is 9.59 Å². The van der Waals surface area contributed by atoms with Crippen LogP contribution in [0.1, 0.15) is 40.0 Å². The molecule has 1 saturated heterocycles. The number of Topliss-reactive ketones (excluding diaryl/α,β-unsaturated/α-hetero) is 1. The summed E-state index contributed by atoms with van der Waals surface area (Å²) in [4.78, 5) is 39.9. The van der Waals surface area contributed by atoms with Gasteiger partial charge in [-0.1, -0.05) is 24.3 Å². The molecular formula is C29H25NO8. The highest BCUT2D eigenvalue weighted by atomic mass is 16.6. The average molecular weight is 516 g/mol. The first-order chi connectivity index (χ1) is 18.4. The predicted molar refractivity (Wildman–Crippen MR) is 136 cm³/mol. The van der Waals surface area contributed by atoms with Crippen molar-refractivity contribution in [3.8, 4) is 17.2 Å². The van der Waals surface area contributed by atoms with Crippen molar-refractivity contribution in [3.63, 3.8) is 0 Å². The van der Waals surface area contributed by atoms with Crippen LogP contribution in [0.3, 0.4) is 0 Å². The summed E-state index contributed by atoms with van der Waals surface area (Å²) in [7, 11) is 0. The molecule has 1 amide bonds. The molecule has 0 aliphatic carbocycles. The van der Waals surface area contributed by atoms with Gasteiger partial charge in [0.25, 0.3) is 11.7 Å². The number of phenolic OH excluding ortho intramolecular Hbond substituents is 1. The number of ether oxygens (including phenoxy) is 3. The molecule has 0 bridgehead atoms. The zero-order valence-electron chi connectivity index (χ0n) is 20.5. The molecule has 0 saturated carbocycles. The number of aromatic hydroxyl groups is 1. The minimum Gasteiger partial charge on any atom is -0.508 e. The summed E-state index contributed by atoms with van der Waals surface area (Å²) in [5.74, 6) is -1.45. The number of carbonyl (C=O) groups is 3. The lowest BCUT2D eigenvalue weighted by Crippen LogP contribution is -2.29. The second-order valence-electron chi connectivity index (χ2n) is 8.79. The molecule has 0 radical (unpaired) electrons. The molecule has 0 aromatic heterocycles. The van der Waals surface area contributed by atoms with E-state index in [1.54, 1.807) is 61.5 Å². The molecule has 0 spiro atoms. The number of aliphatic hydroxyl groups excluding tert-OH is 1. The van der Waals surface area contributed by atoms with Gasteiger partial charge in [0.2, 0.25) is 0 Å². The lowest BCUT2D eigenvalue weighted by Gasteiger charge is -2.25. The highest BCUT2D eigenvalue weighted by Gasteiger charge is 2.46. The second-order valence-corrected chi connectivity index (χ2v) is 8.79. The summed E-state index contributed by atoms with van der Waals surface area (Å²) in [5.41, 5.74) is 1.79. The minimum absolute atomic E-state index is 0.0205. The van der Waals surface area contributed by atoms with Crippen molar-refractivity contribution in [1.29, 1.82) is 0 Å². The van der Waals surface area contributed by atoms with Gasteiger partial charge >= 0.3 is 5.97 Å². The van der Waals surface area contributed by atoms with E-state index in [-0.39, 0.29) is 30.2 Å². The molecule has 3 aromatic carbocycles. The molecule has 2 heterocycles. The number of carbonyl (C=O) groups excluding carboxylic acids is 3. The number of benzene rings is 3. The highest BCUT2D eigenvalue weighted by molar-refractivity contribution is 6.46. The third-order valence-electron chi connectivity index (χ3n) is 6.38. The normalized spacial score (nSPS) is 17.9. The molecule has 38 heavy (non-hydrogen) atoms. The monoisotopic (exact) mass is 515 g/mol. The molecule has 9 nitrogen and oxygen atoms in total. The van der Waals surface area contributed by atoms with E-state index in [2.05, 4.69) is 0 Å². The number of hydrogen-bond acceptors (Lipinski definition) is 8. The van der Waals surface area contributed by atoms with Crippen LogP contribution in [0.25, 0.3) is 5.76 Å². The van der Waals surface area contributed by atoms with E-state index in [0.717, 1.165) is 0 Å². The van der Waals surface area contributed by atoms with Crippen molar-refractivity contribution in [3.05, 3.63) is 94.6 Å². The molecule has 1 fully saturated rings. The first-order valence-corrected chi connectivity index (χ1v) is 12.1. The molecule has 3 aromatic rings. The van der Waals surface area contributed by atoms with Crippen LogP contribution in [0.4, 0.5) is 0 Å². The number of rotatable bonds is 6. The molecule has 2 aliphatic heterocycles. The zero-order valence-corrected chi connectivity index (χ0v) is 20.5. The van der Waals surface area contributed by atoms with E-state index in [4.69, 9.17) is 14.2 Å². The Balaban J connectivity index is 1.55. The first-order valence-electron chi connectivity index (χ1n) is 12.1. The third kappa shape index (κ3) is 4.66. The van der Waals surface area contributed by atoms with E-state index in [1.807, 2.05) is 0 Å². The van der Waals surface area contributed by atoms with Crippen molar-refractivity contribution in [1.82, 2.24) is 4.90 Å². The van der Waals surface area contributed by atoms with E-state index >= 15 is 0 Å². The van der Waals surface area contributed by atoms with Gasteiger partial charge in [-0.25, -0.2) is 4.79 Å². The Hall–Kier alpha value is -4.79. The number of esters is 1. The number of likely N-dealkylation sites (tertiary alicyclic amines) is 1. The van der Waals surface area contributed by atoms with Crippen LogP contribution in [-0.4, -0.2) is 52.6 Å². The summed E-state index contributed by atoms with van der Waals surface area (Å²) in [6, 6.07) is 16.5. The lowest BCUT2D eigenvalue weighted by atomic mass is 9.95. The Morgan fingerprint density at radius 2 is 1.61 bits per heavy atom. The van der Waals surface area contributed by atoms with Crippen molar-refractivity contribution in [2.24, 2.45) is 0 Å². The molecule has 1 atom stereocenters. The number of hydrogen-bond donors (Lipinski definition) is 2. The minimum atomic E-state index is -0.923. The number of amides is 1. The van der Waals surface area contributed by atoms with Crippen LogP contribution >= 0.6 is 0 Å². The van der Waals surface area contributed by atoms with Gasteiger partial charge in [0.15, 0.2) is 11.5 Å². The summed E-state index contributed by atoms with van der Waals surface area (Å²) in [5, 5.41) is 21.1. The Morgan fingerprint density at radius 1 is 0.947 bits per heavy atom. The van der Waals surface area contributed by atoms with Crippen LogP contribution in [0.15, 0.2) is 72.3 Å². The fourth-order valence-corrected chi connectivity index (χ4v) is 4.55. The van der Waals surface area contributed by atoms with Gasteiger partial charge < -0.3 is 29.3 Å². The molecule has 194 valence electrons. The SMILES string of the molecule is CCOC(=O)c1ccc(CN2C(=O)C(=O)/C(=C(\O)c3ccc4c(c3)OCCO4)C2c2ccc(O)cc2)cc1. The summed E-state index contributed by atoms with van der Waals surface area (Å²) in [6.07, 6.45) is 0. The van der Waals surface area contributed by atoms with Crippen molar-refractivity contribution < 1.29 is 38.8 Å². The molecular weight excluding hydrogens is 490 g/mol. The van der Waals surface area contributed by atoms with Crippen molar-refractivity contribution in [2.75, 3.05) is 19.8 Å². The number of phenols is 1. The molecule has 2 aliphatic rings. The van der Waals surface area contributed by atoms with Crippen molar-refractivity contribution >= 4 is 23.4 Å². The summed E-state index contributed by atoms with van der Waals surface area (Å²) < 4.78 is 16.2. The van der Waals surface area contributed by atoms with Gasteiger partial charge in [0, 0.05) is 12.1 Å². The smallest absolute Gasteiger partial charge is 0.338 e. The van der Waals surface area contributed by atoms with E-state index in [1.165, 1.54) is 17.0 Å². The first kappa shape index (κ1) is 24.9. The Morgan fingerprint density at radius 3 is 2.29 bits per heavy atom. The van der Waals surface area contributed by atoms with Crippen molar-refractivity contribution in [2.45, 2.75) is 19.5 Å². The Bertz CT molecular complexity index is 1430. The number of fused-ring (bicyclic) bond motifs is 1. The maximum Gasteiger partial charge on any atom is 0.338 e. The topological polar surface area (TPSA) is 123 Å². The largest absolute Gasteiger partial charge is 0.508 e. The second kappa shape index (κ2) is 10.3. The maximum atomic E-state index is 13.3. The van der Waals surface area contributed by atoms with Gasteiger partial charge in [-0.15, -0.1) is 0 Å². The molecule has 1 unspecified atom stereocenters. The quantitative estimate of drug-likeness (QED) is 0.219. The van der Waals surface area contributed by atoms with Gasteiger partial charge in [0.05, 0.1) is 23.8 Å². The Labute approximate surface area is 218 Å². The fourth-order valence-electron chi connectivity index (χ4n) is 4.55. The van der Waals surface area contributed by atoms with Gasteiger partial charge in [-0.05, 0) is 60.5 Å². The number of nitrogens with zero attached hydrogens (tertiary/aromatic N) is 1. The average Bonchev–Trinajstić information content (AvgIpc) is 3.18. The third-order valence-corrected chi connectivity index (χ3v) is 6.38.